The van der Waals surface area contributed by atoms with Crippen molar-refractivity contribution in [3.05, 3.63) is 35.4 Å². The molecule has 0 radical (unpaired) electrons. The second-order valence-electron chi connectivity index (χ2n) is 4.01. The lowest BCUT2D eigenvalue weighted by Crippen LogP contribution is -2.32. The Hall–Kier alpha value is -1.05. The summed E-state index contributed by atoms with van der Waals surface area (Å²) in [4.78, 5) is 0. The zero-order valence-electron chi connectivity index (χ0n) is 10.2. The molecule has 0 aromatic heterocycles. The first-order valence-corrected chi connectivity index (χ1v) is 7.31. The quantitative estimate of drug-likeness (QED) is 0.768. The monoisotopic (exact) mass is 278 g/mol. The zero-order chi connectivity index (χ0) is 13.8. The predicted molar refractivity (Wildman–Crippen MR) is 65.6 cm³/mol. The van der Waals surface area contributed by atoms with Crippen molar-refractivity contribution in [2.45, 2.75) is 13.0 Å². The Morgan fingerprint density at radius 2 is 1.94 bits per heavy atom. The summed E-state index contributed by atoms with van der Waals surface area (Å²) in [5.41, 5.74) is 0.343. The summed E-state index contributed by atoms with van der Waals surface area (Å²) in [6, 6.07) is 3.05. The van der Waals surface area contributed by atoms with Crippen molar-refractivity contribution in [3.63, 3.8) is 0 Å². The molecule has 1 aromatic rings. The number of rotatable bonds is 6. The van der Waals surface area contributed by atoms with Gasteiger partial charge >= 0.3 is 0 Å². The van der Waals surface area contributed by atoms with Gasteiger partial charge in [-0.2, -0.15) is 0 Å². The molecule has 0 saturated heterocycles. The highest BCUT2D eigenvalue weighted by atomic mass is 32.2. The SMILES string of the molecule is CC(NCCNS(C)(=O)=O)c1ccc(F)cc1F. The lowest BCUT2D eigenvalue weighted by atomic mass is 10.1. The summed E-state index contributed by atoms with van der Waals surface area (Å²) in [5.74, 6) is -1.24. The van der Waals surface area contributed by atoms with Crippen molar-refractivity contribution >= 4 is 10.0 Å². The molecule has 0 spiro atoms. The van der Waals surface area contributed by atoms with Gasteiger partial charge in [0, 0.05) is 30.8 Å². The molecule has 0 aliphatic carbocycles. The standard InChI is InChI=1S/C11H16F2N2O2S/c1-8(14-5-6-15-18(2,16)17)10-4-3-9(12)7-11(10)13/h3-4,7-8,14-15H,5-6H2,1-2H3. The minimum absolute atomic E-state index is 0.214. The largest absolute Gasteiger partial charge is 0.309 e. The van der Waals surface area contributed by atoms with Crippen LogP contribution in [0.4, 0.5) is 8.78 Å². The minimum Gasteiger partial charge on any atom is -0.309 e. The van der Waals surface area contributed by atoms with Crippen LogP contribution < -0.4 is 10.0 Å². The molecule has 0 amide bonds. The molecular formula is C11H16F2N2O2S. The Kier molecular flexibility index (Phi) is 5.18. The molecule has 1 aromatic carbocycles. The Bertz CT molecular complexity index is 506. The first-order valence-electron chi connectivity index (χ1n) is 5.42. The van der Waals surface area contributed by atoms with E-state index in [2.05, 4.69) is 10.0 Å². The van der Waals surface area contributed by atoms with Crippen LogP contribution in [0, 0.1) is 11.6 Å². The van der Waals surface area contributed by atoms with Gasteiger partial charge in [0.25, 0.3) is 0 Å². The highest BCUT2D eigenvalue weighted by molar-refractivity contribution is 7.88. The highest BCUT2D eigenvalue weighted by Gasteiger charge is 2.11. The molecule has 0 saturated carbocycles. The molecule has 7 heteroatoms. The van der Waals surface area contributed by atoms with Gasteiger partial charge in [-0.05, 0) is 13.0 Å². The number of hydrogen-bond acceptors (Lipinski definition) is 3. The maximum absolute atomic E-state index is 13.4. The maximum atomic E-state index is 13.4. The summed E-state index contributed by atoms with van der Waals surface area (Å²) in [6.45, 7) is 2.29. The van der Waals surface area contributed by atoms with Crippen molar-refractivity contribution in [2.24, 2.45) is 0 Å². The number of sulfonamides is 1. The average Bonchev–Trinajstić information content (AvgIpc) is 2.22. The van der Waals surface area contributed by atoms with E-state index < -0.39 is 21.7 Å². The molecule has 2 N–H and O–H groups in total. The molecule has 0 heterocycles. The molecule has 1 rings (SSSR count). The molecule has 4 nitrogen and oxygen atoms in total. The number of hydrogen-bond donors (Lipinski definition) is 2. The van der Waals surface area contributed by atoms with E-state index >= 15 is 0 Å². The van der Waals surface area contributed by atoms with Gasteiger partial charge in [0.1, 0.15) is 11.6 Å². The molecule has 1 unspecified atom stereocenters. The third-order valence-electron chi connectivity index (χ3n) is 2.37. The second-order valence-corrected chi connectivity index (χ2v) is 5.84. The predicted octanol–water partition coefficient (Wildman–Crippen LogP) is 1.16. The fraction of sp³-hybridized carbons (Fsp3) is 0.455. The summed E-state index contributed by atoms with van der Waals surface area (Å²) in [6.07, 6.45) is 1.07. The Balaban J connectivity index is 2.48. The van der Waals surface area contributed by atoms with E-state index in [1.54, 1.807) is 6.92 Å². The van der Waals surface area contributed by atoms with Crippen LogP contribution in [0.3, 0.4) is 0 Å². The molecule has 0 aliphatic heterocycles. The number of benzene rings is 1. The van der Waals surface area contributed by atoms with E-state index in [0.29, 0.717) is 12.1 Å². The van der Waals surface area contributed by atoms with Gasteiger partial charge in [-0.15, -0.1) is 0 Å². The van der Waals surface area contributed by atoms with Crippen molar-refractivity contribution < 1.29 is 17.2 Å². The second kappa shape index (κ2) is 6.21. The lowest BCUT2D eigenvalue weighted by Gasteiger charge is -2.15. The first kappa shape index (κ1) is 15.0. The highest BCUT2D eigenvalue weighted by Crippen LogP contribution is 2.17. The Labute approximate surface area is 105 Å². The molecule has 102 valence electrons. The van der Waals surface area contributed by atoms with Gasteiger partial charge in [0.2, 0.25) is 10.0 Å². The van der Waals surface area contributed by atoms with Gasteiger partial charge < -0.3 is 5.32 Å². The van der Waals surface area contributed by atoms with Crippen LogP contribution in [0.5, 0.6) is 0 Å². The normalized spacial score (nSPS) is 13.6. The smallest absolute Gasteiger partial charge is 0.208 e. The van der Waals surface area contributed by atoms with Crippen LogP contribution in [0.15, 0.2) is 18.2 Å². The van der Waals surface area contributed by atoms with E-state index in [4.69, 9.17) is 0 Å². The third kappa shape index (κ3) is 5.07. The molecular weight excluding hydrogens is 262 g/mol. The van der Waals surface area contributed by atoms with Crippen LogP contribution in [-0.2, 0) is 10.0 Å². The maximum Gasteiger partial charge on any atom is 0.208 e. The van der Waals surface area contributed by atoms with Crippen LogP contribution in [0.1, 0.15) is 18.5 Å². The Morgan fingerprint density at radius 3 is 2.50 bits per heavy atom. The summed E-state index contributed by atoms with van der Waals surface area (Å²) in [5, 5.41) is 2.94. The molecule has 1 atom stereocenters. The topological polar surface area (TPSA) is 58.2 Å². The number of halogens is 2. The summed E-state index contributed by atoms with van der Waals surface area (Å²) >= 11 is 0. The van der Waals surface area contributed by atoms with Crippen molar-refractivity contribution in [1.82, 2.24) is 10.0 Å². The van der Waals surface area contributed by atoms with Crippen LogP contribution >= 0.6 is 0 Å². The van der Waals surface area contributed by atoms with E-state index in [1.807, 2.05) is 0 Å². The van der Waals surface area contributed by atoms with Crippen LogP contribution in [-0.4, -0.2) is 27.8 Å². The average molecular weight is 278 g/mol. The van der Waals surface area contributed by atoms with Gasteiger partial charge in [-0.3, -0.25) is 0 Å². The molecule has 0 bridgehead atoms. The van der Waals surface area contributed by atoms with Gasteiger partial charge in [0.15, 0.2) is 0 Å². The Morgan fingerprint density at radius 1 is 1.28 bits per heavy atom. The summed E-state index contributed by atoms with van der Waals surface area (Å²) in [7, 11) is -3.21. The van der Waals surface area contributed by atoms with E-state index in [1.165, 1.54) is 12.1 Å². The van der Waals surface area contributed by atoms with Crippen molar-refractivity contribution in [1.29, 1.82) is 0 Å². The van der Waals surface area contributed by atoms with Gasteiger partial charge in [0.05, 0.1) is 6.26 Å². The number of nitrogens with one attached hydrogen (secondary N) is 2. The van der Waals surface area contributed by atoms with Crippen LogP contribution in [0.25, 0.3) is 0 Å². The fourth-order valence-corrected chi connectivity index (χ4v) is 1.96. The summed E-state index contributed by atoms with van der Waals surface area (Å²) < 4.78 is 50.0. The molecule has 0 fully saturated rings. The minimum atomic E-state index is -3.21. The zero-order valence-corrected chi connectivity index (χ0v) is 11.0. The van der Waals surface area contributed by atoms with Crippen LogP contribution in [0.2, 0.25) is 0 Å². The van der Waals surface area contributed by atoms with E-state index in [0.717, 1.165) is 12.3 Å². The molecule has 0 aliphatic rings. The first-order chi connectivity index (χ1) is 8.29. The van der Waals surface area contributed by atoms with E-state index in [-0.39, 0.29) is 12.6 Å². The lowest BCUT2D eigenvalue weighted by molar-refractivity contribution is 0.516. The molecule has 18 heavy (non-hydrogen) atoms. The van der Waals surface area contributed by atoms with Gasteiger partial charge in [-0.1, -0.05) is 6.07 Å². The third-order valence-corrected chi connectivity index (χ3v) is 3.10. The van der Waals surface area contributed by atoms with Gasteiger partial charge in [-0.25, -0.2) is 21.9 Å². The van der Waals surface area contributed by atoms with Crippen molar-refractivity contribution in [2.75, 3.05) is 19.3 Å². The van der Waals surface area contributed by atoms with Crippen molar-refractivity contribution in [3.8, 4) is 0 Å². The van der Waals surface area contributed by atoms with E-state index in [9.17, 15) is 17.2 Å². The fourth-order valence-electron chi connectivity index (χ4n) is 1.49.